The van der Waals surface area contributed by atoms with Crippen molar-refractivity contribution in [3.63, 3.8) is 0 Å². The third-order valence-electron chi connectivity index (χ3n) is 11.4. The number of phosphoric ester groups is 1. The molecular weight excluding hydrogens is 834 g/mol. The first kappa shape index (κ1) is 62.7. The van der Waals surface area contributed by atoms with Gasteiger partial charge in [0.05, 0.1) is 13.2 Å². The summed E-state index contributed by atoms with van der Waals surface area (Å²) in [5.41, 5.74) is 5.37. The Balaban J connectivity index is 4.02. The van der Waals surface area contributed by atoms with Gasteiger partial charge in [0.15, 0.2) is 6.10 Å². The summed E-state index contributed by atoms with van der Waals surface area (Å²) in [6, 6.07) is 0. The molecule has 2 unspecified atom stereocenters. The van der Waals surface area contributed by atoms with Crippen molar-refractivity contribution in [1.82, 2.24) is 0 Å². The molecule has 0 amide bonds. The van der Waals surface area contributed by atoms with Crippen LogP contribution in [-0.4, -0.2) is 49.3 Å². The Hall–Kier alpha value is -2.29. The van der Waals surface area contributed by atoms with Crippen LogP contribution in [0.2, 0.25) is 0 Å². The molecule has 3 N–H and O–H groups in total. The second-order valence-corrected chi connectivity index (χ2v) is 19.2. The molecule has 378 valence electrons. The summed E-state index contributed by atoms with van der Waals surface area (Å²) in [7, 11) is -4.39. The fourth-order valence-corrected chi connectivity index (χ4v) is 8.25. The first-order valence-corrected chi connectivity index (χ1v) is 28.3. The van der Waals surface area contributed by atoms with E-state index in [0.29, 0.717) is 6.42 Å². The van der Waals surface area contributed by atoms with Gasteiger partial charge in [-0.05, 0) is 57.8 Å². The monoisotopic (exact) mass is 934 g/mol. The zero-order valence-corrected chi connectivity index (χ0v) is 42.9. The standard InChI is InChI=1S/C55H100NO8P/c1-3-5-7-9-11-13-15-17-19-21-23-24-25-26-27-28-30-31-33-35-37-39-41-43-45-47-54(57)61-51-53(52-63-65(59,60)62-50-49-56)64-55(58)48-46-44-42-40-38-36-34-32-29-22-20-18-16-14-12-10-8-6-4-2/h6,8,12,14,18,20,29,32,36,38,53H,3-5,7,9-11,13,15-17,19,21-28,30-31,33-35,37,39-52,56H2,1-2H3,(H,59,60)/b8-6-,14-12-,20-18-,32-29-,38-36-. The summed E-state index contributed by atoms with van der Waals surface area (Å²) in [5, 5.41) is 0. The van der Waals surface area contributed by atoms with E-state index in [2.05, 4.69) is 74.6 Å². The first-order valence-electron chi connectivity index (χ1n) is 26.8. The van der Waals surface area contributed by atoms with Crippen LogP contribution in [0, 0.1) is 0 Å². The highest BCUT2D eigenvalue weighted by atomic mass is 31.2. The lowest BCUT2D eigenvalue weighted by molar-refractivity contribution is -0.161. The van der Waals surface area contributed by atoms with Crippen molar-refractivity contribution in [2.24, 2.45) is 5.73 Å². The number of allylic oxidation sites excluding steroid dienone is 10. The predicted molar refractivity (Wildman–Crippen MR) is 275 cm³/mol. The van der Waals surface area contributed by atoms with E-state index in [1.807, 2.05) is 0 Å². The van der Waals surface area contributed by atoms with Crippen molar-refractivity contribution in [1.29, 1.82) is 0 Å². The molecule has 0 rings (SSSR count). The van der Waals surface area contributed by atoms with Crippen molar-refractivity contribution in [3.05, 3.63) is 60.8 Å². The summed E-state index contributed by atoms with van der Waals surface area (Å²) in [4.78, 5) is 35.1. The summed E-state index contributed by atoms with van der Waals surface area (Å²) in [5.74, 6) is -0.859. The fourth-order valence-electron chi connectivity index (χ4n) is 7.49. The van der Waals surface area contributed by atoms with Gasteiger partial charge in [-0.1, -0.05) is 235 Å². The molecule has 9 nitrogen and oxygen atoms in total. The van der Waals surface area contributed by atoms with E-state index in [9.17, 15) is 19.0 Å². The van der Waals surface area contributed by atoms with Crippen LogP contribution in [0.15, 0.2) is 60.8 Å². The predicted octanol–water partition coefficient (Wildman–Crippen LogP) is 16.4. The van der Waals surface area contributed by atoms with Gasteiger partial charge in [-0.25, -0.2) is 4.57 Å². The molecule has 0 aromatic heterocycles. The molecule has 0 spiro atoms. The number of nitrogens with two attached hydrogens (primary N) is 1. The molecule has 0 aliphatic heterocycles. The lowest BCUT2D eigenvalue weighted by atomic mass is 10.0. The normalized spacial score (nSPS) is 13.6. The Bertz CT molecular complexity index is 1250. The molecule has 0 aromatic carbocycles. The highest BCUT2D eigenvalue weighted by Crippen LogP contribution is 2.43. The number of rotatable bonds is 50. The number of unbranched alkanes of at least 4 members (excludes halogenated alkanes) is 27. The van der Waals surface area contributed by atoms with Crippen LogP contribution in [0.5, 0.6) is 0 Å². The van der Waals surface area contributed by atoms with E-state index in [0.717, 1.165) is 70.6 Å². The van der Waals surface area contributed by atoms with Gasteiger partial charge < -0.3 is 20.1 Å². The Morgan fingerprint density at radius 1 is 0.477 bits per heavy atom. The maximum Gasteiger partial charge on any atom is 0.472 e. The third kappa shape index (κ3) is 51.0. The van der Waals surface area contributed by atoms with Crippen molar-refractivity contribution < 1.29 is 37.6 Å². The minimum absolute atomic E-state index is 0.0463. The molecule has 0 radical (unpaired) electrons. The molecule has 0 saturated carbocycles. The number of carbonyl (C=O) groups excluding carboxylic acids is 2. The molecule has 0 aromatic rings. The van der Waals surface area contributed by atoms with E-state index >= 15 is 0 Å². The fraction of sp³-hybridized carbons (Fsp3) is 0.782. The Kier molecular flexibility index (Phi) is 49.3. The van der Waals surface area contributed by atoms with Crippen LogP contribution in [-0.2, 0) is 32.7 Å². The van der Waals surface area contributed by atoms with Crippen molar-refractivity contribution in [3.8, 4) is 0 Å². The third-order valence-corrected chi connectivity index (χ3v) is 12.4. The summed E-state index contributed by atoms with van der Waals surface area (Å²) >= 11 is 0. The van der Waals surface area contributed by atoms with E-state index in [1.165, 1.54) is 141 Å². The van der Waals surface area contributed by atoms with Gasteiger partial charge >= 0.3 is 19.8 Å². The quantitative estimate of drug-likeness (QED) is 0.0265. The number of phosphoric acid groups is 1. The molecule has 0 fully saturated rings. The first-order chi connectivity index (χ1) is 31.8. The van der Waals surface area contributed by atoms with Gasteiger partial charge in [-0.15, -0.1) is 0 Å². The SMILES string of the molecule is CC/C=C\C/C=C\C/C=C\C/C=C\C/C=C\CCCCCC(=O)OC(COC(=O)CCCCCCCCCCCCCCCCCCCCCCCCCCC)COP(=O)(O)OCCN. The van der Waals surface area contributed by atoms with Crippen LogP contribution < -0.4 is 5.73 Å². The Labute approximate surface area is 399 Å². The summed E-state index contributed by atoms with van der Waals surface area (Å²) in [6.45, 7) is 3.61. The maximum absolute atomic E-state index is 12.6. The van der Waals surface area contributed by atoms with Crippen molar-refractivity contribution >= 4 is 19.8 Å². The van der Waals surface area contributed by atoms with Gasteiger partial charge in [0, 0.05) is 19.4 Å². The number of carbonyl (C=O) groups is 2. The number of hydrogen-bond donors (Lipinski definition) is 2. The average Bonchev–Trinajstić information content (AvgIpc) is 3.30. The number of ether oxygens (including phenoxy) is 2. The maximum atomic E-state index is 12.6. The molecule has 10 heteroatoms. The van der Waals surface area contributed by atoms with E-state index < -0.39 is 26.5 Å². The molecular formula is C55H100NO8P. The Morgan fingerprint density at radius 2 is 0.846 bits per heavy atom. The lowest BCUT2D eigenvalue weighted by Gasteiger charge is -2.19. The molecule has 65 heavy (non-hydrogen) atoms. The van der Waals surface area contributed by atoms with Crippen LogP contribution in [0.25, 0.3) is 0 Å². The van der Waals surface area contributed by atoms with Gasteiger partial charge in [-0.3, -0.25) is 18.6 Å². The Morgan fingerprint density at radius 3 is 1.26 bits per heavy atom. The van der Waals surface area contributed by atoms with Gasteiger partial charge in [-0.2, -0.15) is 0 Å². The van der Waals surface area contributed by atoms with Crippen LogP contribution in [0.4, 0.5) is 0 Å². The minimum Gasteiger partial charge on any atom is -0.462 e. The van der Waals surface area contributed by atoms with Gasteiger partial charge in [0.1, 0.15) is 6.61 Å². The van der Waals surface area contributed by atoms with Crippen LogP contribution in [0.1, 0.15) is 245 Å². The summed E-state index contributed by atoms with van der Waals surface area (Å²) < 4.78 is 32.9. The zero-order valence-electron chi connectivity index (χ0n) is 42.0. The molecule has 0 saturated heterocycles. The highest BCUT2D eigenvalue weighted by Gasteiger charge is 2.26. The van der Waals surface area contributed by atoms with Crippen LogP contribution in [0.3, 0.4) is 0 Å². The molecule has 2 atom stereocenters. The molecule has 0 heterocycles. The number of hydrogen-bond acceptors (Lipinski definition) is 8. The average molecular weight is 934 g/mol. The molecule has 0 aliphatic rings. The van der Waals surface area contributed by atoms with Gasteiger partial charge in [0.25, 0.3) is 0 Å². The van der Waals surface area contributed by atoms with Crippen molar-refractivity contribution in [2.45, 2.75) is 251 Å². The van der Waals surface area contributed by atoms with Gasteiger partial charge in [0.2, 0.25) is 0 Å². The van der Waals surface area contributed by atoms with E-state index in [1.54, 1.807) is 0 Å². The largest absolute Gasteiger partial charge is 0.472 e. The topological polar surface area (TPSA) is 134 Å². The van der Waals surface area contributed by atoms with E-state index in [-0.39, 0.29) is 38.6 Å². The van der Waals surface area contributed by atoms with Crippen molar-refractivity contribution in [2.75, 3.05) is 26.4 Å². The second kappa shape index (κ2) is 51.1. The smallest absolute Gasteiger partial charge is 0.462 e. The lowest BCUT2D eigenvalue weighted by Crippen LogP contribution is -2.29. The summed E-state index contributed by atoms with van der Waals surface area (Å²) in [6.07, 6.45) is 62.7. The highest BCUT2D eigenvalue weighted by molar-refractivity contribution is 7.47. The second-order valence-electron chi connectivity index (χ2n) is 17.7. The zero-order chi connectivity index (χ0) is 47.4. The number of esters is 2. The molecule has 0 aliphatic carbocycles. The molecule has 0 bridgehead atoms. The van der Waals surface area contributed by atoms with E-state index in [4.69, 9.17) is 24.3 Å². The van der Waals surface area contributed by atoms with Crippen LogP contribution >= 0.6 is 7.82 Å². The minimum atomic E-state index is -4.39.